The summed E-state index contributed by atoms with van der Waals surface area (Å²) >= 11 is 1.27. The summed E-state index contributed by atoms with van der Waals surface area (Å²) in [5, 5.41) is 17.5. The van der Waals surface area contributed by atoms with Crippen molar-refractivity contribution in [1.29, 1.82) is 5.26 Å². The minimum atomic E-state index is -0.707. The van der Waals surface area contributed by atoms with Crippen LogP contribution in [0.5, 0.6) is 11.5 Å². The molecule has 312 valence electrons. The number of fused-ring (bicyclic) bond motifs is 2. The van der Waals surface area contributed by atoms with Crippen LogP contribution in [-0.2, 0) is 16.6 Å². The third-order valence-electron chi connectivity index (χ3n) is 12.0. The Morgan fingerprint density at radius 1 is 1.07 bits per heavy atom. The van der Waals surface area contributed by atoms with Gasteiger partial charge in [-0.1, -0.05) is 6.92 Å². The monoisotopic (exact) mass is 839 g/mol. The van der Waals surface area contributed by atoms with E-state index >= 15 is 8.78 Å². The summed E-state index contributed by atoms with van der Waals surface area (Å²) in [6.45, 7) is 6.03. The van der Waals surface area contributed by atoms with Gasteiger partial charge < -0.3 is 19.1 Å². The molecule has 4 fully saturated rings. The lowest BCUT2D eigenvalue weighted by molar-refractivity contribution is -0.128. The van der Waals surface area contributed by atoms with Crippen molar-refractivity contribution in [3.05, 3.63) is 76.3 Å². The quantitative estimate of drug-likeness (QED) is 0.175. The number of halogens is 2. The smallest absolute Gasteiger partial charge is 0.329 e. The number of urea groups is 1. The number of piperidine rings is 1. The molecular weight excluding hydrogens is 797 g/mol. The van der Waals surface area contributed by atoms with Gasteiger partial charge in [-0.3, -0.25) is 34.0 Å². The van der Waals surface area contributed by atoms with E-state index in [4.69, 9.17) is 9.47 Å². The lowest BCUT2D eigenvalue weighted by atomic mass is 9.86. The van der Waals surface area contributed by atoms with Crippen molar-refractivity contribution < 1.29 is 27.8 Å². The Labute approximate surface area is 347 Å². The number of carbonyl (C=O) groups is 2. The van der Waals surface area contributed by atoms with Gasteiger partial charge in [0.05, 0.1) is 52.4 Å². The zero-order valence-electron chi connectivity index (χ0n) is 33.3. The highest BCUT2D eigenvalue weighted by molar-refractivity contribution is 7.98. The number of imide groups is 1. The van der Waals surface area contributed by atoms with Gasteiger partial charge in [-0.05, 0) is 62.4 Å². The van der Waals surface area contributed by atoms with E-state index in [1.54, 1.807) is 40.8 Å². The lowest BCUT2D eigenvalue weighted by Gasteiger charge is -2.52. The van der Waals surface area contributed by atoms with Crippen molar-refractivity contribution in [3.8, 4) is 17.6 Å². The summed E-state index contributed by atoms with van der Waals surface area (Å²) in [4.78, 5) is 48.5. The predicted molar refractivity (Wildman–Crippen MR) is 222 cm³/mol. The number of aromatic nitrogens is 4. The number of nitriles is 1. The molecular formula is C41H43F2N11O5S. The zero-order valence-corrected chi connectivity index (χ0v) is 34.1. The molecule has 0 aliphatic carbocycles. The molecule has 3 aromatic carbocycles. The average Bonchev–Trinajstić information content (AvgIpc) is 3.81. The SMILES string of the molecule is CCN(C)SNc1ccc(F)c(Oc2ccc3ncn(C4COC5(C4)CN(C4CCN(c6cc7c(cc6F)c(N6CCC(=O)NC6=O)nn7C)CC4)C5)c(=O)c3c2)c1C#N. The molecule has 2 aromatic heterocycles. The van der Waals surface area contributed by atoms with Crippen LogP contribution in [0.25, 0.3) is 21.8 Å². The number of amides is 3. The summed E-state index contributed by atoms with van der Waals surface area (Å²) < 4.78 is 51.3. The summed E-state index contributed by atoms with van der Waals surface area (Å²) in [6, 6.07) is 12.2. The van der Waals surface area contributed by atoms with E-state index in [0.29, 0.717) is 71.2 Å². The summed E-state index contributed by atoms with van der Waals surface area (Å²) in [5.74, 6) is -1.17. The minimum Gasteiger partial charge on any atom is -0.453 e. The molecule has 5 aromatic rings. The first kappa shape index (κ1) is 39.6. The van der Waals surface area contributed by atoms with Crippen LogP contribution >= 0.6 is 12.1 Å². The van der Waals surface area contributed by atoms with Crippen LogP contribution in [0.1, 0.15) is 44.2 Å². The Hall–Kier alpha value is -5.81. The fraction of sp³-hybridized carbons (Fsp3) is 0.415. The number of hydrogen-bond acceptors (Lipinski definition) is 13. The molecule has 4 aliphatic heterocycles. The number of nitrogens with zero attached hydrogens (tertiary/aromatic N) is 9. The average molecular weight is 840 g/mol. The maximum Gasteiger partial charge on any atom is 0.329 e. The van der Waals surface area contributed by atoms with Gasteiger partial charge in [-0.25, -0.2) is 22.9 Å². The number of nitrogens with one attached hydrogen (secondary N) is 2. The van der Waals surface area contributed by atoms with E-state index in [1.165, 1.54) is 41.3 Å². The highest BCUT2D eigenvalue weighted by Gasteiger charge is 2.52. The van der Waals surface area contributed by atoms with Crippen LogP contribution in [0.2, 0.25) is 0 Å². The molecule has 1 unspecified atom stereocenters. The number of aryl methyl sites for hydroxylation is 1. The number of anilines is 3. The van der Waals surface area contributed by atoms with Crippen LogP contribution < -0.4 is 30.1 Å². The molecule has 4 aliphatic rings. The van der Waals surface area contributed by atoms with E-state index in [0.717, 1.165) is 32.5 Å². The molecule has 3 amide bonds. The molecule has 2 N–H and O–H groups in total. The number of hydrogen-bond donors (Lipinski definition) is 2. The maximum absolute atomic E-state index is 15.7. The highest BCUT2D eigenvalue weighted by Crippen LogP contribution is 2.43. The first-order valence-corrected chi connectivity index (χ1v) is 20.7. The van der Waals surface area contributed by atoms with E-state index in [-0.39, 0.29) is 53.1 Å². The second kappa shape index (κ2) is 15.7. The molecule has 1 spiro atoms. The molecule has 16 nitrogen and oxygen atoms in total. The summed E-state index contributed by atoms with van der Waals surface area (Å²) in [7, 11) is 3.63. The van der Waals surface area contributed by atoms with E-state index < -0.39 is 17.7 Å². The second-order valence-corrected chi connectivity index (χ2v) is 16.8. The van der Waals surface area contributed by atoms with Crippen molar-refractivity contribution in [2.24, 2.45) is 7.05 Å². The van der Waals surface area contributed by atoms with E-state index in [1.807, 2.05) is 24.3 Å². The first-order chi connectivity index (χ1) is 28.9. The van der Waals surface area contributed by atoms with Gasteiger partial charge in [-0.15, -0.1) is 0 Å². The highest BCUT2D eigenvalue weighted by atomic mass is 32.2. The van der Waals surface area contributed by atoms with Gasteiger partial charge in [0.15, 0.2) is 17.4 Å². The van der Waals surface area contributed by atoms with Crippen molar-refractivity contribution in [2.75, 3.05) is 67.4 Å². The standard InChI is InChI=1S/C41H43F2N11O5S/c1-4-49(2)60-48-33-8-6-30(42)37(29(33)19-44)59-26-5-7-32-27(15-26)39(56)54(23-45-32)25-18-41(58-20-25)21-52(22-41)24-9-12-51(13-10-24)35-17-34-28(16-31(35)43)38(47-50(34)3)53-14-11-36(55)46-40(53)57/h5-8,15-17,23-25,48H,4,9-14,18,20-22H2,1-3H3,(H,46,55,57). The Kier molecular flexibility index (Phi) is 10.3. The Morgan fingerprint density at radius 3 is 2.62 bits per heavy atom. The van der Waals surface area contributed by atoms with Crippen LogP contribution in [-0.4, -0.2) is 105 Å². The molecule has 4 saturated heterocycles. The Morgan fingerprint density at radius 2 is 1.87 bits per heavy atom. The van der Waals surface area contributed by atoms with Gasteiger partial charge in [0.1, 0.15) is 23.2 Å². The van der Waals surface area contributed by atoms with Crippen molar-refractivity contribution in [1.82, 2.24) is 33.9 Å². The van der Waals surface area contributed by atoms with Crippen molar-refractivity contribution in [2.45, 2.75) is 50.3 Å². The number of carbonyl (C=O) groups excluding carboxylic acids is 2. The zero-order chi connectivity index (χ0) is 41.9. The fourth-order valence-corrected chi connectivity index (χ4v) is 9.25. The number of rotatable bonds is 10. The molecule has 1 atom stereocenters. The Bertz CT molecular complexity index is 2640. The molecule has 19 heteroatoms. The first-order valence-electron chi connectivity index (χ1n) is 19.9. The van der Waals surface area contributed by atoms with Crippen molar-refractivity contribution in [3.63, 3.8) is 0 Å². The van der Waals surface area contributed by atoms with Gasteiger partial charge in [-0.2, -0.15) is 10.4 Å². The molecule has 60 heavy (non-hydrogen) atoms. The van der Waals surface area contributed by atoms with Crippen LogP contribution in [0, 0.1) is 23.0 Å². The van der Waals surface area contributed by atoms with E-state index in [9.17, 15) is 19.6 Å². The van der Waals surface area contributed by atoms with Gasteiger partial charge in [0.25, 0.3) is 5.56 Å². The lowest BCUT2D eigenvalue weighted by Crippen LogP contribution is -2.65. The largest absolute Gasteiger partial charge is 0.453 e. The van der Waals surface area contributed by atoms with Crippen molar-refractivity contribution >= 4 is 63.1 Å². The van der Waals surface area contributed by atoms with Crippen LogP contribution in [0.4, 0.5) is 30.8 Å². The van der Waals surface area contributed by atoms with Crippen LogP contribution in [0.3, 0.4) is 0 Å². The van der Waals surface area contributed by atoms with Gasteiger partial charge in [0.2, 0.25) is 5.91 Å². The normalized spacial score (nSPS) is 19.6. The molecule has 6 heterocycles. The maximum atomic E-state index is 15.7. The Balaban J connectivity index is 0.835. The van der Waals surface area contributed by atoms with E-state index in [2.05, 4.69) is 29.9 Å². The number of ether oxygens (including phenoxy) is 2. The van der Waals surface area contributed by atoms with Gasteiger partial charge in [0, 0.05) is 82.7 Å². The van der Waals surface area contributed by atoms with Gasteiger partial charge >= 0.3 is 6.03 Å². The topological polar surface area (TPSA) is 166 Å². The number of likely N-dealkylation sites (tertiary alicyclic amines) is 1. The summed E-state index contributed by atoms with van der Waals surface area (Å²) in [6.07, 6.45) is 4.01. The third kappa shape index (κ3) is 7.16. The van der Waals surface area contributed by atoms with Crippen LogP contribution in [0.15, 0.2) is 53.6 Å². The molecule has 0 saturated carbocycles. The molecule has 9 rings (SSSR count). The molecule has 0 bridgehead atoms. The third-order valence-corrected chi connectivity index (χ3v) is 12.9. The second-order valence-electron chi connectivity index (χ2n) is 15.8. The fourth-order valence-electron chi connectivity index (χ4n) is 8.70. The minimum absolute atomic E-state index is 0.00262. The number of benzene rings is 3. The predicted octanol–water partition coefficient (Wildman–Crippen LogP) is 5.28. The summed E-state index contributed by atoms with van der Waals surface area (Å²) in [5.41, 5.74) is 1.39. The molecule has 0 radical (unpaired) electrons.